The predicted octanol–water partition coefficient (Wildman–Crippen LogP) is 1.46. The molecule has 2 aliphatic carbocycles. The number of hydrogen-bond acceptors (Lipinski definition) is 8. The quantitative estimate of drug-likeness (QED) is 0.540. The molecule has 10 nitrogen and oxygen atoms in total. The van der Waals surface area contributed by atoms with Crippen LogP contribution >= 0.6 is 0 Å². The van der Waals surface area contributed by atoms with Crippen molar-refractivity contribution in [3.05, 3.63) is 30.1 Å². The second-order valence-corrected chi connectivity index (χ2v) is 10.6. The second-order valence-electron chi connectivity index (χ2n) is 8.59. The number of rotatable bonds is 6. The number of aromatic amines is 1. The first-order valence-electron chi connectivity index (χ1n) is 10.1. The topological polar surface area (TPSA) is 129 Å². The van der Waals surface area contributed by atoms with Gasteiger partial charge < -0.3 is 10.2 Å². The number of aryl methyl sites for hydroxylation is 1. The van der Waals surface area contributed by atoms with Gasteiger partial charge in [0, 0.05) is 31.0 Å². The highest BCUT2D eigenvalue weighted by Crippen LogP contribution is 2.51. The van der Waals surface area contributed by atoms with Crippen LogP contribution in [0.2, 0.25) is 0 Å². The van der Waals surface area contributed by atoms with Gasteiger partial charge in [-0.05, 0) is 44.2 Å². The fourth-order valence-corrected chi connectivity index (χ4v) is 6.13. The molecule has 1 aliphatic heterocycles. The van der Waals surface area contributed by atoms with Crippen LogP contribution in [0.25, 0.3) is 11.0 Å². The summed E-state index contributed by atoms with van der Waals surface area (Å²) < 4.78 is 27.9. The lowest BCUT2D eigenvalue weighted by Gasteiger charge is -2.22. The Morgan fingerprint density at radius 3 is 2.93 bits per heavy atom. The van der Waals surface area contributed by atoms with E-state index < -0.39 is 10.0 Å². The minimum absolute atomic E-state index is 0.212. The summed E-state index contributed by atoms with van der Waals surface area (Å²) in [4.78, 5) is 15.9. The summed E-state index contributed by atoms with van der Waals surface area (Å²) in [5.74, 6) is 2.13. The third kappa shape index (κ3) is 3.00. The Labute approximate surface area is 173 Å². The average molecular weight is 427 g/mol. The summed E-state index contributed by atoms with van der Waals surface area (Å²) in [5, 5.41) is 11.0. The molecular weight excluding hydrogens is 404 g/mol. The lowest BCUT2D eigenvalue weighted by molar-refractivity contribution is 0.545. The number of piperidine rings is 1. The third-order valence-electron chi connectivity index (χ3n) is 6.15. The van der Waals surface area contributed by atoms with Crippen LogP contribution in [0, 0.1) is 12.8 Å². The van der Waals surface area contributed by atoms with Crippen LogP contribution in [0.15, 0.2) is 24.4 Å². The zero-order valence-electron chi connectivity index (χ0n) is 16.5. The number of aromatic nitrogens is 5. The van der Waals surface area contributed by atoms with Crippen molar-refractivity contribution in [1.29, 1.82) is 0 Å². The van der Waals surface area contributed by atoms with E-state index in [9.17, 15) is 8.42 Å². The molecule has 11 heteroatoms. The van der Waals surface area contributed by atoms with Gasteiger partial charge >= 0.3 is 0 Å². The van der Waals surface area contributed by atoms with Crippen LogP contribution in [0.1, 0.15) is 25.0 Å². The Morgan fingerprint density at radius 1 is 1.30 bits per heavy atom. The van der Waals surface area contributed by atoms with Crippen LogP contribution in [-0.4, -0.2) is 57.4 Å². The van der Waals surface area contributed by atoms with Crippen molar-refractivity contribution in [2.24, 2.45) is 5.92 Å². The molecule has 3 aromatic heterocycles. The normalized spacial score (nSPS) is 25.5. The molecule has 4 heterocycles. The standard InChI is InChI=1S/C19H22N8O2S/c1-11-7-15(25-24-11)21-17-14-3-2-6-20-16(14)22-18(23-17)27-9-12-8-19(12,10-27)26-30(28,29)13-4-5-13/h2-3,6-7,12-13,26H,4-5,8-10H2,1H3,(H2,20,21,22,23,24,25)/t12?,19-/m1/s1. The zero-order valence-corrected chi connectivity index (χ0v) is 17.3. The Kier molecular flexibility index (Phi) is 3.67. The molecule has 156 valence electrons. The first kappa shape index (κ1) is 18.0. The van der Waals surface area contributed by atoms with E-state index in [1.807, 2.05) is 25.1 Å². The van der Waals surface area contributed by atoms with Crippen LogP contribution in [0.3, 0.4) is 0 Å². The van der Waals surface area contributed by atoms with Gasteiger partial charge in [0.15, 0.2) is 11.5 Å². The van der Waals surface area contributed by atoms with Gasteiger partial charge in [0.1, 0.15) is 5.82 Å². The van der Waals surface area contributed by atoms with Crippen LogP contribution in [0.5, 0.6) is 0 Å². The summed E-state index contributed by atoms with van der Waals surface area (Å²) in [5.41, 5.74) is 1.15. The van der Waals surface area contributed by atoms with Gasteiger partial charge in [0.25, 0.3) is 0 Å². The minimum atomic E-state index is -3.23. The molecule has 3 aliphatic rings. The van der Waals surface area contributed by atoms with E-state index in [0.717, 1.165) is 36.9 Å². The van der Waals surface area contributed by atoms with Crippen LogP contribution in [0.4, 0.5) is 17.6 Å². The maximum absolute atomic E-state index is 12.5. The minimum Gasteiger partial charge on any atom is -0.338 e. The lowest BCUT2D eigenvalue weighted by atomic mass is 10.3. The monoisotopic (exact) mass is 426 g/mol. The first-order valence-corrected chi connectivity index (χ1v) is 11.7. The highest BCUT2D eigenvalue weighted by molar-refractivity contribution is 7.90. The Morgan fingerprint density at radius 2 is 2.17 bits per heavy atom. The Balaban J connectivity index is 1.31. The Hall–Kier alpha value is -2.79. The molecule has 0 aromatic carbocycles. The molecule has 1 saturated heterocycles. The van der Waals surface area contributed by atoms with Crippen molar-refractivity contribution in [1.82, 2.24) is 29.9 Å². The molecule has 3 N–H and O–H groups in total. The van der Waals surface area contributed by atoms with Gasteiger partial charge in [0.2, 0.25) is 16.0 Å². The van der Waals surface area contributed by atoms with Crippen molar-refractivity contribution < 1.29 is 8.42 Å². The van der Waals surface area contributed by atoms with Crippen LogP contribution < -0.4 is 14.9 Å². The average Bonchev–Trinajstić information content (AvgIpc) is 3.61. The molecule has 0 amide bonds. The van der Waals surface area contributed by atoms with E-state index in [0.29, 0.717) is 35.7 Å². The van der Waals surface area contributed by atoms with E-state index in [4.69, 9.17) is 4.98 Å². The highest BCUT2D eigenvalue weighted by Gasteiger charge is 2.63. The zero-order chi connectivity index (χ0) is 20.5. The van der Waals surface area contributed by atoms with Crippen molar-refractivity contribution in [3.8, 4) is 0 Å². The van der Waals surface area contributed by atoms with Gasteiger partial charge in [-0.15, -0.1) is 0 Å². The predicted molar refractivity (Wildman–Crippen MR) is 112 cm³/mol. The number of nitrogens with zero attached hydrogens (tertiary/aromatic N) is 5. The molecule has 1 unspecified atom stereocenters. The first-order chi connectivity index (χ1) is 14.4. The number of pyridine rings is 1. The molecule has 0 spiro atoms. The molecule has 0 radical (unpaired) electrons. The van der Waals surface area contributed by atoms with Gasteiger partial charge in [-0.3, -0.25) is 5.10 Å². The number of anilines is 3. The molecule has 30 heavy (non-hydrogen) atoms. The van der Waals surface area contributed by atoms with Gasteiger partial charge in [0.05, 0.1) is 16.2 Å². The maximum atomic E-state index is 12.5. The van der Waals surface area contributed by atoms with E-state index >= 15 is 0 Å². The summed E-state index contributed by atoms with van der Waals surface area (Å²) in [6, 6.07) is 5.66. The summed E-state index contributed by atoms with van der Waals surface area (Å²) in [7, 11) is -3.23. The van der Waals surface area contributed by atoms with Crippen molar-refractivity contribution in [2.75, 3.05) is 23.3 Å². The molecular formula is C19H22N8O2S. The van der Waals surface area contributed by atoms with Gasteiger partial charge in [-0.2, -0.15) is 15.1 Å². The van der Waals surface area contributed by atoms with Gasteiger partial charge in [-0.1, -0.05) is 0 Å². The van der Waals surface area contributed by atoms with E-state index in [1.54, 1.807) is 6.20 Å². The number of fused-ring (bicyclic) bond motifs is 2. The molecule has 6 rings (SSSR count). The summed E-state index contributed by atoms with van der Waals surface area (Å²) >= 11 is 0. The van der Waals surface area contributed by atoms with Gasteiger partial charge in [-0.25, -0.2) is 18.1 Å². The second kappa shape index (κ2) is 6.11. The smallest absolute Gasteiger partial charge is 0.229 e. The van der Waals surface area contributed by atoms with Crippen LogP contribution in [-0.2, 0) is 10.0 Å². The van der Waals surface area contributed by atoms with E-state index in [1.165, 1.54) is 0 Å². The fraction of sp³-hybridized carbons (Fsp3) is 0.474. The Bertz CT molecular complexity index is 1250. The molecule has 0 bridgehead atoms. The summed E-state index contributed by atoms with van der Waals surface area (Å²) in [6.45, 7) is 3.23. The number of H-pyrrole nitrogens is 1. The summed E-state index contributed by atoms with van der Waals surface area (Å²) in [6.07, 6.45) is 4.11. The number of sulfonamides is 1. The van der Waals surface area contributed by atoms with Crippen molar-refractivity contribution in [3.63, 3.8) is 0 Å². The lowest BCUT2D eigenvalue weighted by Crippen LogP contribution is -2.43. The molecule has 2 saturated carbocycles. The molecule has 3 fully saturated rings. The third-order valence-corrected chi connectivity index (χ3v) is 8.19. The van der Waals surface area contributed by atoms with E-state index in [2.05, 4.69) is 35.1 Å². The molecule has 3 aromatic rings. The molecule has 2 atom stereocenters. The number of nitrogens with one attached hydrogen (secondary N) is 3. The highest BCUT2D eigenvalue weighted by atomic mass is 32.2. The fourth-order valence-electron chi connectivity index (χ4n) is 4.33. The van der Waals surface area contributed by atoms with Crippen molar-refractivity contribution >= 4 is 38.6 Å². The SMILES string of the molecule is Cc1cc(Nc2nc(N3CC4C[C@@]4(NS(=O)(=O)C4CC4)C3)nc3ncccc23)n[nH]1. The maximum Gasteiger partial charge on any atom is 0.229 e. The number of hydrogen-bond donors (Lipinski definition) is 3. The largest absolute Gasteiger partial charge is 0.338 e. The van der Waals surface area contributed by atoms with E-state index in [-0.39, 0.29) is 10.8 Å². The van der Waals surface area contributed by atoms with Crippen molar-refractivity contribution in [2.45, 2.75) is 37.0 Å².